The SMILES string of the molecule is O=[N+]([O-])c1ccccc1S(=O)(=O)n1ccc2ccncc21. The first-order chi connectivity index (χ1) is 10.0. The van der Waals surface area contributed by atoms with Gasteiger partial charge in [-0.3, -0.25) is 15.1 Å². The van der Waals surface area contributed by atoms with Gasteiger partial charge < -0.3 is 0 Å². The van der Waals surface area contributed by atoms with Crippen molar-refractivity contribution in [3.05, 3.63) is 65.1 Å². The molecule has 2 aromatic heterocycles. The Labute approximate surface area is 119 Å². The Hall–Kier alpha value is -2.74. The zero-order valence-corrected chi connectivity index (χ0v) is 11.4. The van der Waals surface area contributed by atoms with E-state index in [1.165, 1.54) is 30.6 Å². The average Bonchev–Trinajstić information content (AvgIpc) is 2.92. The van der Waals surface area contributed by atoms with E-state index in [-0.39, 0.29) is 4.90 Å². The molecule has 0 aliphatic carbocycles. The molecule has 1 aromatic carbocycles. The van der Waals surface area contributed by atoms with Crippen LogP contribution in [0.1, 0.15) is 0 Å². The fourth-order valence-corrected chi connectivity index (χ4v) is 3.59. The Morgan fingerprint density at radius 2 is 1.90 bits per heavy atom. The molecule has 0 saturated carbocycles. The lowest BCUT2D eigenvalue weighted by Gasteiger charge is -2.07. The Morgan fingerprint density at radius 1 is 1.14 bits per heavy atom. The highest BCUT2D eigenvalue weighted by molar-refractivity contribution is 7.90. The largest absolute Gasteiger partial charge is 0.289 e. The van der Waals surface area contributed by atoms with Crippen molar-refractivity contribution < 1.29 is 13.3 Å². The second-order valence-corrected chi connectivity index (χ2v) is 6.06. The summed E-state index contributed by atoms with van der Waals surface area (Å²) in [6, 6.07) is 8.53. The quantitative estimate of drug-likeness (QED) is 0.546. The summed E-state index contributed by atoms with van der Waals surface area (Å²) in [6.07, 6.45) is 4.31. The van der Waals surface area contributed by atoms with Crippen LogP contribution in [0.3, 0.4) is 0 Å². The highest BCUT2D eigenvalue weighted by Crippen LogP contribution is 2.27. The predicted octanol–water partition coefficient (Wildman–Crippen LogP) is 2.18. The summed E-state index contributed by atoms with van der Waals surface area (Å²) in [5.41, 5.74) is -0.0844. The number of pyridine rings is 1. The number of hydrogen-bond acceptors (Lipinski definition) is 5. The van der Waals surface area contributed by atoms with Gasteiger partial charge in [-0.15, -0.1) is 0 Å². The second-order valence-electron chi connectivity index (χ2n) is 4.28. The van der Waals surface area contributed by atoms with Crippen LogP contribution in [-0.2, 0) is 10.0 Å². The third-order valence-corrected chi connectivity index (χ3v) is 4.80. The lowest BCUT2D eigenvalue weighted by Crippen LogP contribution is -2.13. The van der Waals surface area contributed by atoms with Crippen LogP contribution in [-0.4, -0.2) is 22.3 Å². The van der Waals surface area contributed by atoms with Crippen LogP contribution in [0.4, 0.5) is 5.69 Å². The van der Waals surface area contributed by atoms with E-state index in [1.54, 1.807) is 18.3 Å². The molecule has 0 fully saturated rings. The number of nitrogens with zero attached hydrogens (tertiary/aromatic N) is 3. The highest BCUT2D eigenvalue weighted by atomic mass is 32.2. The van der Waals surface area contributed by atoms with Crippen LogP contribution in [0.15, 0.2) is 59.9 Å². The van der Waals surface area contributed by atoms with Gasteiger partial charge in [0, 0.05) is 23.8 Å². The molecule has 0 aliphatic heterocycles. The van der Waals surface area contributed by atoms with Crippen molar-refractivity contribution in [2.45, 2.75) is 4.90 Å². The van der Waals surface area contributed by atoms with Crippen molar-refractivity contribution in [3.63, 3.8) is 0 Å². The van der Waals surface area contributed by atoms with Gasteiger partial charge in [-0.2, -0.15) is 0 Å². The summed E-state index contributed by atoms with van der Waals surface area (Å²) >= 11 is 0. The van der Waals surface area contributed by atoms with E-state index in [0.29, 0.717) is 10.9 Å². The molecule has 0 aliphatic rings. The minimum atomic E-state index is -4.06. The van der Waals surface area contributed by atoms with Gasteiger partial charge in [0.2, 0.25) is 0 Å². The van der Waals surface area contributed by atoms with Crippen LogP contribution < -0.4 is 0 Å². The molecule has 0 amide bonds. The van der Waals surface area contributed by atoms with Gasteiger partial charge in [0.25, 0.3) is 15.7 Å². The van der Waals surface area contributed by atoms with E-state index in [2.05, 4.69) is 4.98 Å². The average molecular weight is 303 g/mol. The van der Waals surface area contributed by atoms with Crippen LogP contribution in [0.2, 0.25) is 0 Å². The number of hydrogen-bond donors (Lipinski definition) is 0. The van der Waals surface area contributed by atoms with Crippen molar-refractivity contribution in [2.75, 3.05) is 0 Å². The smallest absolute Gasteiger partial charge is 0.262 e. The molecule has 0 N–H and O–H groups in total. The van der Waals surface area contributed by atoms with Crippen molar-refractivity contribution in [2.24, 2.45) is 0 Å². The lowest BCUT2D eigenvalue weighted by molar-refractivity contribution is -0.387. The number of nitro benzene ring substituents is 1. The fraction of sp³-hybridized carbons (Fsp3) is 0. The summed E-state index contributed by atoms with van der Waals surface area (Å²) in [5, 5.41) is 11.7. The van der Waals surface area contributed by atoms with Crippen molar-refractivity contribution in [1.82, 2.24) is 8.96 Å². The Morgan fingerprint density at radius 3 is 2.67 bits per heavy atom. The molecule has 3 rings (SSSR count). The zero-order chi connectivity index (χ0) is 15.0. The van der Waals surface area contributed by atoms with Crippen LogP contribution in [0, 0.1) is 10.1 Å². The topological polar surface area (TPSA) is 95.1 Å². The van der Waals surface area contributed by atoms with E-state index >= 15 is 0 Å². The van der Waals surface area contributed by atoms with Crippen molar-refractivity contribution >= 4 is 26.6 Å². The third-order valence-electron chi connectivity index (χ3n) is 3.06. The second kappa shape index (κ2) is 4.67. The Bertz CT molecular complexity index is 947. The molecule has 21 heavy (non-hydrogen) atoms. The maximum Gasteiger partial charge on any atom is 0.289 e. The minimum absolute atomic E-state index is 0.351. The number of rotatable bonds is 3. The first-order valence-electron chi connectivity index (χ1n) is 5.92. The fourth-order valence-electron chi connectivity index (χ4n) is 2.09. The summed E-state index contributed by atoms with van der Waals surface area (Å²) in [7, 11) is -4.06. The molecule has 3 aromatic rings. The number of aromatic nitrogens is 2. The molecule has 0 atom stereocenters. The zero-order valence-electron chi connectivity index (χ0n) is 10.6. The summed E-state index contributed by atoms with van der Waals surface area (Å²) in [5.74, 6) is 0. The minimum Gasteiger partial charge on any atom is -0.262 e. The van der Waals surface area contributed by atoms with Gasteiger partial charge in [0.15, 0.2) is 4.90 Å². The molecule has 0 radical (unpaired) electrons. The van der Waals surface area contributed by atoms with Gasteiger partial charge in [-0.05, 0) is 18.2 Å². The Kier molecular flexibility index (Phi) is 2.95. The molecule has 106 valence electrons. The van der Waals surface area contributed by atoms with Gasteiger partial charge in [0.1, 0.15) is 0 Å². The molecule has 7 nitrogen and oxygen atoms in total. The van der Waals surface area contributed by atoms with E-state index in [0.717, 1.165) is 10.0 Å². The number of benzene rings is 1. The van der Waals surface area contributed by atoms with Crippen molar-refractivity contribution in [3.8, 4) is 0 Å². The number of para-hydroxylation sites is 1. The van der Waals surface area contributed by atoms with E-state index in [9.17, 15) is 18.5 Å². The number of fused-ring (bicyclic) bond motifs is 1. The van der Waals surface area contributed by atoms with E-state index < -0.39 is 20.6 Å². The first kappa shape index (κ1) is 13.3. The standard InChI is InChI=1S/C13H9N3O4S/c17-16(18)11-3-1-2-4-13(11)21(19,20)15-8-6-10-5-7-14-9-12(10)15/h1-9H. The summed E-state index contributed by atoms with van der Waals surface area (Å²) < 4.78 is 26.3. The predicted molar refractivity (Wildman–Crippen MR) is 75.4 cm³/mol. The van der Waals surface area contributed by atoms with Gasteiger partial charge >= 0.3 is 0 Å². The van der Waals surface area contributed by atoms with E-state index in [1.807, 2.05) is 0 Å². The monoisotopic (exact) mass is 303 g/mol. The molecule has 8 heteroatoms. The summed E-state index contributed by atoms with van der Waals surface area (Å²) in [6.45, 7) is 0. The maximum absolute atomic E-state index is 12.7. The molecule has 0 spiro atoms. The van der Waals surface area contributed by atoms with Gasteiger partial charge in [-0.1, -0.05) is 12.1 Å². The number of nitro groups is 1. The molecule has 0 saturated heterocycles. The van der Waals surface area contributed by atoms with Crippen LogP contribution in [0.5, 0.6) is 0 Å². The molecule has 0 bridgehead atoms. The van der Waals surface area contributed by atoms with Crippen LogP contribution >= 0.6 is 0 Å². The molecule has 2 heterocycles. The summed E-state index contributed by atoms with van der Waals surface area (Å²) in [4.78, 5) is 13.9. The maximum atomic E-state index is 12.7. The molecular weight excluding hydrogens is 294 g/mol. The molecular formula is C13H9N3O4S. The van der Waals surface area contributed by atoms with Gasteiger partial charge in [-0.25, -0.2) is 12.4 Å². The van der Waals surface area contributed by atoms with Crippen LogP contribution in [0.25, 0.3) is 10.9 Å². The first-order valence-corrected chi connectivity index (χ1v) is 7.36. The lowest BCUT2D eigenvalue weighted by atomic mass is 10.3. The van der Waals surface area contributed by atoms with Gasteiger partial charge in [0.05, 0.1) is 16.6 Å². The molecule has 0 unspecified atom stereocenters. The Balaban J connectivity index is 2.29. The van der Waals surface area contributed by atoms with Crippen molar-refractivity contribution in [1.29, 1.82) is 0 Å². The normalized spacial score (nSPS) is 11.6. The third kappa shape index (κ3) is 2.05. The highest BCUT2D eigenvalue weighted by Gasteiger charge is 2.27. The van der Waals surface area contributed by atoms with E-state index in [4.69, 9.17) is 0 Å².